The van der Waals surface area contributed by atoms with Gasteiger partial charge in [0.1, 0.15) is 17.0 Å². The molecule has 0 heterocycles. The van der Waals surface area contributed by atoms with Crippen LogP contribution in [0.1, 0.15) is 64.2 Å². The summed E-state index contributed by atoms with van der Waals surface area (Å²) in [4.78, 5) is 36.4. The van der Waals surface area contributed by atoms with Crippen molar-refractivity contribution in [2.24, 2.45) is 0 Å². The van der Waals surface area contributed by atoms with Crippen LogP contribution < -0.4 is 10.1 Å². The van der Waals surface area contributed by atoms with Crippen LogP contribution in [0.3, 0.4) is 0 Å². The minimum Gasteiger partial charge on any atom is -0.444 e. The first-order valence-corrected chi connectivity index (χ1v) is 13.3. The summed E-state index contributed by atoms with van der Waals surface area (Å²) in [6.07, 6.45) is 0.920. The minimum absolute atomic E-state index is 0.0653. The summed E-state index contributed by atoms with van der Waals surface area (Å²) in [5.74, 6) is -0.385. The number of Topliss-reactive ketones (excluding diaryl/α,β-unsaturated/α-hetero) is 1. The SMILES string of the molecule is CC(=O)Oc1c2c(c(COCCCNC(=O)OC(C)(C)C)c3cc4ccccc4cc13)CC[C@](O)(C(C)=O)C2. The summed E-state index contributed by atoms with van der Waals surface area (Å²) in [7, 11) is 0. The van der Waals surface area contributed by atoms with Gasteiger partial charge in [-0.05, 0) is 86.4 Å². The minimum atomic E-state index is -1.52. The molecule has 0 unspecified atom stereocenters. The Kier molecular flexibility index (Phi) is 8.28. The van der Waals surface area contributed by atoms with Gasteiger partial charge in [-0.2, -0.15) is 0 Å². The van der Waals surface area contributed by atoms with Crippen LogP contribution in [-0.2, 0) is 38.5 Å². The van der Waals surface area contributed by atoms with E-state index in [-0.39, 0.29) is 18.6 Å². The summed E-state index contributed by atoms with van der Waals surface area (Å²) in [6.45, 7) is 9.29. The maximum Gasteiger partial charge on any atom is 0.407 e. The number of ether oxygens (including phenoxy) is 3. The van der Waals surface area contributed by atoms with Gasteiger partial charge in [0.15, 0.2) is 5.78 Å². The molecule has 0 saturated carbocycles. The third kappa shape index (κ3) is 6.57. The van der Waals surface area contributed by atoms with E-state index in [9.17, 15) is 19.5 Å². The molecule has 0 bridgehead atoms. The standard InChI is InChI=1S/C31H37NO7/c1-19(33)31(36)12-11-23-26(17-31)28(38-20(2)34)25-16-22-10-7-6-9-21(22)15-24(25)27(23)18-37-14-8-13-32-29(35)39-30(3,4)5/h6-7,9-10,15-16,36H,8,11-14,17-18H2,1-5H3,(H,32,35)/t31-/m1/s1. The number of esters is 1. The van der Waals surface area contributed by atoms with E-state index in [1.807, 2.05) is 51.1 Å². The average Bonchev–Trinajstić information content (AvgIpc) is 2.85. The fourth-order valence-electron chi connectivity index (χ4n) is 5.10. The lowest BCUT2D eigenvalue weighted by atomic mass is 9.75. The van der Waals surface area contributed by atoms with Gasteiger partial charge in [-0.3, -0.25) is 9.59 Å². The van der Waals surface area contributed by atoms with Gasteiger partial charge in [-0.1, -0.05) is 24.3 Å². The van der Waals surface area contributed by atoms with E-state index in [1.54, 1.807) is 0 Å². The fourth-order valence-corrected chi connectivity index (χ4v) is 5.10. The van der Waals surface area contributed by atoms with Gasteiger partial charge in [-0.25, -0.2) is 4.79 Å². The number of alkyl carbamates (subject to hydrolysis) is 1. The van der Waals surface area contributed by atoms with Crippen molar-refractivity contribution >= 4 is 39.4 Å². The highest BCUT2D eigenvalue weighted by Crippen LogP contribution is 2.44. The Bertz CT molecular complexity index is 1420. The zero-order valence-electron chi connectivity index (χ0n) is 23.3. The number of rotatable bonds is 8. The Morgan fingerprint density at radius 2 is 1.69 bits per heavy atom. The Morgan fingerprint density at radius 1 is 1.03 bits per heavy atom. The van der Waals surface area contributed by atoms with Gasteiger partial charge in [0, 0.05) is 37.4 Å². The first-order chi connectivity index (χ1) is 18.4. The largest absolute Gasteiger partial charge is 0.444 e. The third-order valence-corrected chi connectivity index (χ3v) is 7.00. The predicted molar refractivity (Wildman–Crippen MR) is 149 cm³/mol. The third-order valence-electron chi connectivity index (χ3n) is 7.00. The molecule has 0 saturated heterocycles. The lowest BCUT2D eigenvalue weighted by Crippen LogP contribution is -2.43. The molecule has 208 valence electrons. The quantitative estimate of drug-likeness (QED) is 0.177. The van der Waals surface area contributed by atoms with Crippen LogP contribution in [0.15, 0.2) is 36.4 Å². The number of ketones is 1. The van der Waals surface area contributed by atoms with Crippen LogP contribution in [0, 0.1) is 0 Å². The second-order valence-corrected chi connectivity index (χ2v) is 11.2. The molecule has 0 aromatic heterocycles. The number of carbonyl (C=O) groups is 3. The van der Waals surface area contributed by atoms with Gasteiger partial charge < -0.3 is 24.6 Å². The van der Waals surface area contributed by atoms with Gasteiger partial charge >= 0.3 is 12.1 Å². The molecule has 0 spiro atoms. The van der Waals surface area contributed by atoms with E-state index >= 15 is 0 Å². The Balaban J connectivity index is 1.67. The summed E-state index contributed by atoms with van der Waals surface area (Å²) in [5, 5.41) is 17.5. The second kappa shape index (κ2) is 11.3. The highest BCUT2D eigenvalue weighted by atomic mass is 16.6. The van der Waals surface area contributed by atoms with Gasteiger partial charge in [0.25, 0.3) is 0 Å². The Hall–Kier alpha value is -3.49. The average molecular weight is 536 g/mol. The summed E-state index contributed by atoms with van der Waals surface area (Å²) < 4.78 is 17.1. The van der Waals surface area contributed by atoms with Crippen molar-refractivity contribution < 1.29 is 33.7 Å². The molecule has 1 aliphatic carbocycles. The van der Waals surface area contributed by atoms with Crippen LogP contribution in [0.25, 0.3) is 21.5 Å². The maximum absolute atomic E-state index is 12.4. The highest BCUT2D eigenvalue weighted by molar-refractivity contribution is 6.04. The molecule has 8 heteroatoms. The van der Waals surface area contributed by atoms with Crippen LogP contribution in [0.4, 0.5) is 4.79 Å². The number of amides is 1. The number of carbonyl (C=O) groups excluding carboxylic acids is 3. The predicted octanol–water partition coefficient (Wildman–Crippen LogP) is 5.16. The molecule has 39 heavy (non-hydrogen) atoms. The van der Waals surface area contributed by atoms with E-state index in [0.717, 1.165) is 32.7 Å². The van der Waals surface area contributed by atoms with E-state index in [1.165, 1.54) is 13.8 Å². The van der Waals surface area contributed by atoms with Crippen molar-refractivity contribution in [2.45, 2.75) is 78.1 Å². The van der Waals surface area contributed by atoms with Crippen LogP contribution in [0.2, 0.25) is 0 Å². The van der Waals surface area contributed by atoms with E-state index < -0.39 is 23.3 Å². The number of hydrogen-bond donors (Lipinski definition) is 2. The lowest BCUT2D eigenvalue weighted by Gasteiger charge is -2.34. The van der Waals surface area contributed by atoms with Crippen LogP contribution in [0.5, 0.6) is 5.75 Å². The smallest absolute Gasteiger partial charge is 0.407 e. The Morgan fingerprint density at radius 3 is 2.31 bits per heavy atom. The molecule has 2 N–H and O–H groups in total. The second-order valence-electron chi connectivity index (χ2n) is 11.2. The Labute approximate surface area is 228 Å². The summed E-state index contributed by atoms with van der Waals surface area (Å²) >= 11 is 0. The van der Waals surface area contributed by atoms with Crippen molar-refractivity contribution in [3.05, 3.63) is 53.1 Å². The fraction of sp³-hybridized carbons (Fsp3) is 0.452. The molecule has 3 aromatic carbocycles. The number of hydrogen-bond acceptors (Lipinski definition) is 7. The number of aliphatic hydroxyl groups is 1. The molecule has 0 aliphatic heterocycles. The van der Waals surface area contributed by atoms with Crippen molar-refractivity contribution in [3.63, 3.8) is 0 Å². The maximum atomic E-state index is 12.4. The summed E-state index contributed by atoms with van der Waals surface area (Å²) in [5.41, 5.74) is 0.483. The lowest BCUT2D eigenvalue weighted by molar-refractivity contribution is -0.136. The zero-order valence-corrected chi connectivity index (χ0v) is 23.3. The topological polar surface area (TPSA) is 111 Å². The van der Waals surface area contributed by atoms with Crippen LogP contribution in [-0.4, -0.2) is 47.3 Å². The van der Waals surface area contributed by atoms with E-state index in [4.69, 9.17) is 14.2 Å². The molecular weight excluding hydrogens is 498 g/mol. The van der Waals surface area contributed by atoms with Crippen molar-refractivity contribution in [2.75, 3.05) is 13.2 Å². The molecule has 3 aromatic rings. The normalized spacial score (nSPS) is 17.1. The number of nitrogens with one attached hydrogen (secondary N) is 1. The van der Waals surface area contributed by atoms with Gasteiger partial charge in [0.2, 0.25) is 0 Å². The van der Waals surface area contributed by atoms with Crippen molar-refractivity contribution in [1.29, 1.82) is 0 Å². The summed E-state index contributed by atoms with van der Waals surface area (Å²) in [6, 6.07) is 12.0. The highest BCUT2D eigenvalue weighted by Gasteiger charge is 2.40. The monoisotopic (exact) mass is 535 g/mol. The zero-order chi connectivity index (χ0) is 28.4. The molecule has 0 radical (unpaired) electrons. The molecule has 1 atom stereocenters. The molecule has 4 rings (SSSR count). The van der Waals surface area contributed by atoms with Crippen molar-refractivity contribution in [1.82, 2.24) is 5.32 Å². The number of benzene rings is 3. The van der Waals surface area contributed by atoms with Crippen LogP contribution >= 0.6 is 0 Å². The molecular formula is C31H37NO7. The van der Waals surface area contributed by atoms with E-state index in [2.05, 4.69) is 11.4 Å². The molecule has 1 amide bonds. The first-order valence-electron chi connectivity index (χ1n) is 13.3. The number of fused-ring (bicyclic) bond motifs is 3. The molecule has 1 aliphatic rings. The molecule has 8 nitrogen and oxygen atoms in total. The van der Waals surface area contributed by atoms with Gasteiger partial charge in [-0.15, -0.1) is 0 Å². The van der Waals surface area contributed by atoms with E-state index in [0.29, 0.717) is 43.9 Å². The van der Waals surface area contributed by atoms with Crippen molar-refractivity contribution in [3.8, 4) is 5.75 Å². The van der Waals surface area contributed by atoms with Gasteiger partial charge in [0.05, 0.1) is 6.61 Å². The molecule has 0 fully saturated rings. The first kappa shape index (κ1) is 28.5.